The number of esters is 1. The first-order valence-electron chi connectivity index (χ1n) is 7.43. The Morgan fingerprint density at radius 1 is 1.09 bits per heavy atom. The molecule has 1 aliphatic rings. The molecule has 0 bridgehead atoms. The van der Waals surface area contributed by atoms with E-state index in [4.69, 9.17) is 9.47 Å². The smallest absolute Gasteiger partial charge is 0.360 e. The summed E-state index contributed by atoms with van der Waals surface area (Å²) in [5.74, 6) is -0.303. The molecule has 2 aromatic rings. The minimum absolute atomic E-state index is 0.125. The molecule has 0 saturated heterocycles. The van der Waals surface area contributed by atoms with Gasteiger partial charge in [-0.25, -0.2) is 9.79 Å². The van der Waals surface area contributed by atoms with Crippen molar-refractivity contribution < 1.29 is 14.3 Å². The van der Waals surface area contributed by atoms with Gasteiger partial charge in [-0.15, -0.1) is 0 Å². The first-order chi connectivity index (χ1) is 11.2. The number of benzene rings is 2. The second-order valence-electron chi connectivity index (χ2n) is 5.08. The highest BCUT2D eigenvalue weighted by atomic mass is 16.6. The third-order valence-electron chi connectivity index (χ3n) is 3.60. The summed E-state index contributed by atoms with van der Waals surface area (Å²) in [4.78, 5) is 16.7. The summed E-state index contributed by atoms with van der Waals surface area (Å²) in [6.45, 7) is 5.85. The summed E-state index contributed by atoms with van der Waals surface area (Å²) >= 11 is 0. The summed E-state index contributed by atoms with van der Waals surface area (Å²) in [5, 5.41) is 0. The Bertz CT molecular complexity index is 711. The Hall–Kier alpha value is -2.88. The van der Waals surface area contributed by atoms with E-state index in [1.54, 1.807) is 6.92 Å². The van der Waals surface area contributed by atoms with Crippen molar-refractivity contribution in [3.8, 4) is 0 Å². The van der Waals surface area contributed by atoms with Crippen molar-refractivity contribution in [3.05, 3.63) is 84.1 Å². The minimum atomic E-state index is -1.11. The maximum Gasteiger partial charge on any atom is 0.360 e. The zero-order valence-electron chi connectivity index (χ0n) is 12.9. The van der Waals surface area contributed by atoms with Gasteiger partial charge in [0, 0.05) is 11.1 Å². The average Bonchev–Trinajstić information content (AvgIpc) is 2.96. The molecule has 2 aromatic carbocycles. The molecule has 0 aliphatic carbocycles. The van der Waals surface area contributed by atoms with E-state index in [0.717, 1.165) is 11.1 Å². The molecule has 116 valence electrons. The lowest BCUT2D eigenvalue weighted by molar-refractivity contribution is -0.135. The van der Waals surface area contributed by atoms with Crippen LogP contribution in [-0.4, -0.2) is 18.3 Å². The zero-order valence-corrected chi connectivity index (χ0v) is 12.9. The van der Waals surface area contributed by atoms with E-state index in [2.05, 4.69) is 11.6 Å². The molecule has 23 heavy (non-hydrogen) atoms. The fourth-order valence-corrected chi connectivity index (χ4v) is 2.57. The van der Waals surface area contributed by atoms with Crippen molar-refractivity contribution in [1.29, 1.82) is 0 Å². The van der Waals surface area contributed by atoms with E-state index in [9.17, 15) is 4.79 Å². The van der Waals surface area contributed by atoms with Crippen LogP contribution in [0.1, 0.15) is 18.1 Å². The van der Waals surface area contributed by atoms with E-state index in [-0.39, 0.29) is 18.1 Å². The Balaban J connectivity index is 2.16. The van der Waals surface area contributed by atoms with Crippen molar-refractivity contribution >= 4 is 11.7 Å². The maximum absolute atomic E-state index is 12.1. The van der Waals surface area contributed by atoms with Crippen LogP contribution in [0.3, 0.4) is 0 Å². The minimum Gasteiger partial charge on any atom is -0.461 e. The predicted octanol–water partition coefficient (Wildman–Crippen LogP) is 3.44. The van der Waals surface area contributed by atoms with Gasteiger partial charge in [0.15, 0.2) is 5.71 Å². The lowest BCUT2D eigenvalue weighted by atomic mass is 9.95. The van der Waals surface area contributed by atoms with Crippen LogP contribution in [0.5, 0.6) is 0 Å². The third kappa shape index (κ3) is 2.63. The largest absolute Gasteiger partial charge is 0.461 e. The highest BCUT2D eigenvalue weighted by Gasteiger charge is 2.44. The van der Waals surface area contributed by atoms with E-state index >= 15 is 0 Å². The molecule has 4 heteroatoms. The normalized spacial score (nSPS) is 15.7. The lowest BCUT2D eigenvalue weighted by Gasteiger charge is -2.26. The van der Waals surface area contributed by atoms with E-state index in [1.807, 2.05) is 60.7 Å². The molecule has 0 fully saturated rings. The average molecular weight is 307 g/mol. The number of rotatable bonds is 4. The molecule has 3 rings (SSSR count). The first-order valence-corrected chi connectivity index (χ1v) is 7.43. The number of nitrogens with zero attached hydrogens (tertiary/aromatic N) is 1. The summed E-state index contributed by atoms with van der Waals surface area (Å²) < 4.78 is 11.1. The van der Waals surface area contributed by atoms with Gasteiger partial charge in [0.2, 0.25) is 0 Å². The molecule has 0 amide bonds. The molecule has 1 aliphatic heterocycles. The molecule has 0 saturated carbocycles. The summed E-state index contributed by atoms with van der Waals surface area (Å²) in [7, 11) is 0. The Morgan fingerprint density at radius 2 is 1.61 bits per heavy atom. The molecule has 1 heterocycles. The van der Waals surface area contributed by atoms with Crippen LogP contribution in [-0.2, 0) is 20.0 Å². The van der Waals surface area contributed by atoms with E-state index in [0.29, 0.717) is 0 Å². The predicted molar refractivity (Wildman–Crippen MR) is 88.0 cm³/mol. The highest BCUT2D eigenvalue weighted by Crippen LogP contribution is 2.41. The molecular formula is C19H17NO3. The quantitative estimate of drug-likeness (QED) is 0.813. The van der Waals surface area contributed by atoms with Crippen LogP contribution >= 0.6 is 0 Å². The molecule has 0 N–H and O–H groups in total. The number of carbonyl (C=O) groups excluding carboxylic acids is 1. The van der Waals surface area contributed by atoms with Crippen LogP contribution in [0.15, 0.2) is 78.0 Å². The zero-order chi connectivity index (χ0) is 16.3. The third-order valence-corrected chi connectivity index (χ3v) is 3.60. The monoisotopic (exact) mass is 307 g/mol. The second-order valence-corrected chi connectivity index (χ2v) is 5.08. The molecular weight excluding hydrogens is 290 g/mol. The first kappa shape index (κ1) is 15.0. The van der Waals surface area contributed by atoms with Crippen molar-refractivity contribution in [2.45, 2.75) is 12.6 Å². The second kappa shape index (κ2) is 6.08. The van der Waals surface area contributed by atoms with Gasteiger partial charge in [-0.05, 0) is 6.92 Å². The van der Waals surface area contributed by atoms with Gasteiger partial charge in [0.05, 0.1) is 6.61 Å². The maximum atomic E-state index is 12.1. The molecule has 0 atom stereocenters. The van der Waals surface area contributed by atoms with Gasteiger partial charge < -0.3 is 9.47 Å². The van der Waals surface area contributed by atoms with Crippen molar-refractivity contribution in [2.24, 2.45) is 4.99 Å². The molecule has 0 unspecified atom stereocenters. The van der Waals surface area contributed by atoms with Crippen LogP contribution < -0.4 is 0 Å². The Labute approximate surface area is 135 Å². The van der Waals surface area contributed by atoms with E-state index in [1.165, 1.54) is 0 Å². The summed E-state index contributed by atoms with van der Waals surface area (Å²) in [5.41, 5.74) is 0.666. The highest BCUT2D eigenvalue weighted by molar-refractivity contribution is 6.43. The summed E-state index contributed by atoms with van der Waals surface area (Å²) in [6, 6.07) is 19.1. The lowest BCUT2D eigenvalue weighted by Crippen LogP contribution is -2.25. The van der Waals surface area contributed by atoms with Crippen LogP contribution in [0.2, 0.25) is 0 Å². The standard InChI is InChI=1S/C19H17NO3/c1-3-22-18(21)17-14(2)23-19(20-17,15-10-6-4-7-11-15)16-12-8-5-9-13-16/h4-13H,2-3H2,1H3. The number of hydrogen-bond acceptors (Lipinski definition) is 4. The van der Waals surface area contributed by atoms with Crippen LogP contribution in [0.25, 0.3) is 0 Å². The van der Waals surface area contributed by atoms with Gasteiger partial charge in [-0.3, -0.25) is 0 Å². The summed E-state index contributed by atoms with van der Waals surface area (Å²) in [6.07, 6.45) is 0. The topological polar surface area (TPSA) is 47.9 Å². The van der Waals surface area contributed by atoms with Crippen LogP contribution in [0, 0.1) is 0 Å². The molecule has 0 radical (unpaired) electrons. The Kier molecular flexibility index (Phi) is 3.98. The van der Waals surface area contributed by atoms with Gasteiger partial charge in [0.25, 0.3) is 5.72 Å². The van der Waals surface area contributed by atoms with Crippen molar-refractivity contribution in [3.63, 3.8) is 0 Å². The number of carbonyl (C=O) groups is 1. The van der Waals surface area contributed by atoms with Gasteiger partial charge in [-0.2, -0.15) is 0 Å². The van der Waals surface area contributed by atoms with E-state index < -0.39 is 11.7 Å². The van der Waals surface area contributed by atoms with Gasteiger partial charge in [-0.1, -0.05) is 67.2 Å². The fraction of sp³-hybridized carbons (Fsp3) is 0.158. The SMILES string of the molecule is C=C1OC(c2ccccc2)(c2ccccc2)N=C1C(=O)OCC. The number of aliphatic imine (C=N–C) groups is 1. The molecule has 0 spiro atoms. The number of hydrogen-bond donors (Lipinski definition) is 0. The molecule has 4 nitrogen and oxygen atoms in total. The Morgan fingerprint density at radius 3 is 2.09 bits per heavy atom. The van der Waals surface area contributed by atoms with Gasteiger partial charge in [0.1, 0.15) is 5.76 Å². The van der Waals surface area contributed by atoms with Gasteiger partial charge >= 0.3 is 5.97 Å². The molecule has 0 aromatic heterocycles. The number of ether oxygens (including phenoxy) is 2. The van der Waals surface area contributed by atoms with Crippen molar-refractivity contribution in [1.82, 2.24) is 0 Å². The fourth-order valence-electron chi connectivity index (χ4n) is 2.57. The van der Waals surface area contributed by atoms with Crippen LogP contribution in [0.4, 0.5) is 0 Å². The van der Waals surface area contributed by atoms with Crippen molar-refractivity contribution in [2.75, 3.05) is 6.61 Å².